The summed E-state index contributed by atoms with van der Waals surface area (Å²) >= 11 is 5.87. The number of benzene rings is 2. The van der Waals surface area contributed by atoms with Gasteiger partial charge in [0.2, 0.25) is 0 Å². The summed E-state index contributed by atoms with van der Waals surface area (Å²) in [7, 11) is 0. The molecule has 0 aliphatic rings. The summed E-state index contributed by atoms with van der Waals surface area (Å²) in [6.07, 6.45) is 0. The molecule has 3 aromatic rings. The molecular weight excluding hydrogens is 315 g/mol. The minimum atomic E-state index is -0.306. The molecule has 0 aliphatic carbocycles. The Morgan fingerprint density at radius 3 is 2.39 bits per heavy atom. The van der Waals surface area contributed by atoms with E-state index in [9.17, 15) is 9.18 Å². The number of rotatable bonds is 3. The molecule has 116 valence electrons. The summed E-state index contributed by atoms with van der Waals surface area (Å²) in [5.41, 5.74) is 2.77. The second kappa shape index (κ2) is 6.34. The minimum absolute atomic E-state index is 0.147. The fourth-order valence-electron chi connectivity index (χ4n) is 2.31. The van der Waals surface area contributed by atoms with Crippen molar-refractivity contribution in [2.45, 2.75) is 13.5 Å². The van der Waals surface area contributed by atoms with Crippen molar-refractivity contribution >= 4 is 11.6 Å². The van der Waals surface area contributed by atoms with Crippen LogP contribution in [0.1, 0.15) is 11.1 Å². The van der Waals surface area contributed by atoms with Gasteiger partial charge in [-0.2, -0.15) is 5.10 Å². The van der Waals surface area contributed by atoms with Gasteiger partial charge in [0.25, 0.3) is 5.56 Å². The molecule has 0 saturated carbocycles. The molecule has 3 rings (SSSR count). The maximum Gasteiger partial charge on any atom is 0.270 e. The molecule has 0 bridgehead atoms. The highest BCUT2D eigenvalue weighted by atomic mass is 35.5. The Bertz CT molecular complexity index is 886. The number of aromatic nitrogens is 2. The second-order valence-electron chi connectivity index (χ2n) is 5.31. The first kappa shape index (κ1) is 15.4. The molecule has 0 spiro atoms. The number of aryl methyl sites for hydroxylation is 1. The molecule has 0 saturated heterocycles. The number of halogens is 2. The van der Waals surface area contributed by atoms with Crippen molar-refractivity contribution in [3.8, 4) is 11.3 Å². The van der Waals surface area contributed by atoms with Gasteiger partial charge >= 0.3 is 0 Å². The quantitative estimate of drug-likeness (QED) is 0.726. The Labute approximate surface area is 138 Å². The Balaban J connectivity index is 2.01. The van der Waals surface area contributed by atoms with Crippen LogP contribution in [-0.2, 0) is 6.54 Å². The third-order valence-electron chi connectivity index (χ3n) is 3.54. The van der Waals surface area contributed by atoms with Crippen LogP contribution in [0.3, 0.4) is 0 Å². The molecule has 1 aromatic heterocycles. The zero-order chi connectivity index (χ0) is 16.4. The smallest absolute Gasteiger partial charge is 0.268 e. The molecule has 5 heteroatoms. The second-order valence-corrected chi connectivity index (χ2v) is 5.75. The van der Waals surface area contributed by atoms with Crippen LogP contribution in [0.2, 0.25) is 5.02 Å². The van der Waals surface area contributed by atoms with Crippen LogP contribution >= 0.6 is 11.6 Å². The van der Waals surface area contributed by atoms with Gasteiger partial charge in [0.05, 0.1) is 12.2 Å². The normalized spacial score (nSPS) is 10.7. The van der Waals surface area contributed by atoms with Crippen molar-refractivity contribution in [1.29, 1.82) is 0 Å². The summed E-state index contributed by atoms with van der Waals surface area (Å²) in [5.74, 6) is -0.306. The van der Waals surface area contributed by atoms with E-state index in [0.29, 0.717) is 22.8 Å². The standard InChI is InChI=1S/C18H14ClFN2O/c1-12-10-17(14-4-8-16(20)9-5-14)21-22(18(12)23)11-13-2-6-15(19)7-3-13/h2-10H,11H2,1H3. The van der Waals surface area contributed by atoms with Gasteiger partial charge in [-0.25, -0.2) is 9.07 Å². The van der Waals surface area contributed by atoms with Gasteiger partial charge in [0, 0.05) is 16.1 Å². The summed E-state index contributed by atoms with van der Waals surface area (Å²) in [6, 6.07) is 15.0. The Kier molecular flexibility index (Phi) is 4.26. The average molecular weight is 329 g/mol. The first-order chi connectivity index (χ1) is 11.0. The van der Waals surface area contributed by atoms with Gasteiger partial charge in [0.15, 0.2) is 0 Å². The first-order valence-electron chi connectivity index (χ1n) is 7.12. The monoisotopic (exact) mass is 328 g/mol. The molecule has 0 radical (unpaired) electrons. The van der Waals surface area contributed by atoms with Crippen molar-refractivity contribution in [3.05, 3.63) is 86.9 Å². The third-order valence-corrected chi connectivity index (χ3v) is 3.79. The van der Waals surface area contributed by atoms with Gasteiger partial charge in [-0.15, -0.1) is 0 Å². The van der Waals surface area contributed by atoms with Crippen molar-refractivity contribution < 1.29 is 4.39 Å². The molecular formula is C18H14ClFN2O. The Hall–Kier alpha value is -2.46. The lowest BCUT2D eigenvalue weighted by Gasteiger charge is -2.09. The van der Waals surface area contributed by atoms with Crippen LogP contribution in [0.15, 0.2) is 59.4 Å². The van der Waals surface area contributed by atoms with Crippen molar-refractivity contribution in [2.24, 2.45) is 0 Å². The van der Waals surface area contributed by atoms with Crippen molar-refractivity contribution in [2.75, 3.05) is 0 Å². The highest BCUT2D eigenvalue weighted by Crippen LogP contribution is 2.17. The van der Waals surface area contributed by atoms with Gasteiger partial charge in [0.1, 0.15) is 5.82 Å². The third kappa shape index (κ3) is 3.48. The molecule has 0 amide bonds. The average Bonchev–Trinajstić information content (AvgIpc) is 2.54. The largest absolute Gasteiger partial charge is 0.270 e. The van der Waals surface area contributed by atoms with Crippen LogP contribution in [-0.4, -0.2) is 9.78 Å². The molecule has 1 heterocycles. The Morgan fingerprint density at radius 2 is 1.74 bits per heavy atom. The summed E-state index contributed by atoms with van der Waals surface area (Å²) in [6.45, 7) is 2.10. The van der Waals surface area contributed by atoms with Gasteiger partial charge in [-0.1, -0.05) is 23.7 Å². The van der Waals surface area contributed by atoms with E-state index in [4.69, 9.17) is 11.6 Å². The van der Waals surface area contributed by atoms with E-state index in [1.807, 2.05) is 12.1 Å². The van der Waals surface area contributed by atoms with Crippen LogP contribution < -0.4 is 5.56 Å². The maximum absolute atomic E-state index is 13.1. The fraction of sp³-hybridized carbons (Fsp3) is 0.111. The first-order valence-corrected chi connectivity index (χ1v) is 7.50. The van der Waals surface area contributed by atoms with Crippen LogP contribution in [0.4, 0.5) is 4.39 Å². The number of hydrogen-bond donors (Lipinski definition) is 0. The predicted octanol–water partition coefficient (Wildman–Crippen LogP) is 4.06. The summed E-state index contributed by atoms with van der Waals surface area (Å²) in [4.78, 5) is 12.3. The van der Waals surface area contributed by atoms with Crippen LogP contribution in [0.25, 0.3) is 11.3 Å². The predicted molar refractivity (Wildman–Crippen MR) is 89.2 cm³/mol. The van der Waals surface area contributed by atoms with Crippen molar-refractivity contribution in [3.63, 3.8) is 0 Å². The lowest BCUT2D eigenvalue weighted by atomic mass is 10.1. The molecule has 3 nitrogen and oxygen atoms in total. The zero-order valence-electron chi connectivity index (χ0n) is 12.5. The van der Waals surface area contributed by atoms with E-state index < -0.39 is 0 Å². The molecule has 23 heavy (non-hydrogen) atoms. The fourth-order valence-corrected chi connectivity index (χ4v) is 2.43. The SMILES string of the molecule is Cc1cc(-c2ccc(F)cc2)nn(Cc2ccc(Cl)cc2)c1=O. The topological polar surface area (TPSA) is 34.9 Å². The van der Waals surface area contributed by atoms with E-state index in [0.717, 1.165) is 11.1 Å². The van der Waals surface area contributed by atoms with E-state index in [2.05, 4.69) is 5.10 Å². The van der Waals surface area contributed by atoms with E-state index >= 15 is 0 Å². The lowest BCUT2D eigenvalue weighted by Crippen LogP contribution is -2.25. The molecule has 0 unspecified atom stereocenters. The van der Waals surface area contributed by atoms with E-state index in [1.54, 1.807) is 37.3 Å². The van der Waals surface area contributed by atoms with Crippen LogP contribution in [0, 0.1) is 12.7 Å². The molecule has 2 aromatic carbocycles. The van der Waals surface area contributed by atoms with Crippen molar-refractivity contribution in [1.82, 2.24) is 9.78 Å². The van der Waals surface area contributed by atoms with Gasteiger partial charge in [-0.05, 0) is 55.0 Å². The molecule has 0 fully saturated rings. The number of nitrogens with zero attached hydrogens (tertiary/aromatic N) is 2. The Morgan fingerprint density at radius 1 is 1.09 bits per heavy atom. The van der Waals surface area contributed by atoms with Crippen LogP contribution in [0.5, 0.6) is 0 Å². The molecule has 0 aliphatic heterocycles. The highest BCUT2D eigenvalue weighted by Gasteiger charge is 2.08. The molecule has 0 atom stereocenters. The maximum atomic E-state index is 13.1. The lowest BCUT2D eigenvalue weighted by molar-refractivity contribution is 0.627. The highest BCUT2D eigenvalue weighted by molar-refractivity contribution is 6.30. The zero-order valence-corrected chi connectivity index (χ0v) is 13.2. The van der Waals surface area contributed by atoms with Gasteiger partial charge in [-0.3, -0.25) is 4.79 Å². The number of hydrogen-bond acceptors (Lipinski definition) is 2. The minimum Gasteiger partial charge on any atom is -0.268 e. The van der Waals surface area contributed by atoms with E-state index in [1.165, 1.54) is 16.8 Å². The van der Waals surface area contributed by atoms with E-state index in [-0.39, 0.29) is 11.4 Å². The summed E-state index contributed by atoms with van der Waals surface area (Å²) in [5, 5.41) is 5.04. The molecule has 0 N–H and O–H groups in total. The summed E-state index contributed by atoms with van der Waals surface area (Å²) < 4.78 is 14.5. The van der Waals surface area contributed by atoms with Gasteiger partial charge < -0.3 is 0 Å².